The van der Waals surface area contributed by atoms with Crippen molar-refractivity contribution in [1.82, 2.24) is 0 Å². The van der Waals surface area contributed by atoms with Crippen LogP contribution >= 0.6 is 0 Å². The van der Waals surface area contributed by atoms with Gasteiger partial charge in [-0.25, -0.2) is 4.39 Å². The zero-order chi connectivity index (χ0) is 16.1. The Kier molecular flexibility index (Phi) is 5.29. The minimum Gasteiger partial charge on any atom is -0.489 e. The minimum atomic E-state index is -0.223. The topological polar surface area (TPSA) is 35.2 Å². The van der Waals surface area contributed by atoms with Crippen molar-refractivity contribution in [3.63, 3.8) is 0 Å². The molecule has 3 rings (SSSR count). The van der Waals surface area contributed by atoms with E-state index >= 15 is 0 Å². The maximum Gasteiger partial charge on any atom is 0.123 e. The second-order valence-corrected chi connectivity index (χ2v) is 6.47. The molecule has 122 valence electrons. The van der Waals surface area contributed by atoms with Crippen LogP contribution in [-0.4, -0.2) is 6.04 Å². The van der Waals surface area contributed by atoms with Crippen LogP contribution in [-0.2, 0) is 13.0 Å². The summed E-state index contributed by atoms with van der Waals surface area (Å²) < 4.78 is 18.6. The molecule has 0 aromatic heterocycles. The number of rotatable bonds is 5. The summed E-state index contributed by atoms with van der Waals surface area (Å²) in [4.78, 5) is 0. The Labute approximate surface area is 137 Å². The van der Waals surface area contributed by atoms with Crippen LogP contribution in [0, 0.1) is 11.7 Å². The van der Waals surface area contributed by atoms with Crippen LogP contribution in [0.3, 0.4) is 0 Å². The molecule has 2 nitrogen and oxygen atoms in total. The maximum atomic E-state index is 12.9. The summed E-state index contributed by atoms with van der Waals surface area (Å²) in [6.45, 7) is 0.452. The monoisotopic (exact) mass is 313 g/mol. The van der Waals surface area contributed by atoms with Crippen molar-refractivity contribution in [2.24, 2.45) is 11.7 Å². The molecule has 0 radical (unpaired) electrons. The quantitative estimate of drug-likeness (QED) is 0.884. The smallest absolute Gasteiger partial charge is 0.123 e. The van der Waals surface area contributed by atoms with Gasteiger partial charge in [-0.2, -0.15) is 0 Å². The maximum absolute atomic E-state index is 12.9. The molecule has 2 atom stereocenters. The Balaban J connectivity index is 1.53. The molecule has 0 bridgehead atoms. The van der Waals surface area contributed by atoms with E-state index in [1.54, 1.807) is 12.1 Å². The molecule has 2 N–H and O–H groups in total. The van der Waals surface area contributed by atoms with E-state index in [1.165, 1.54) is 37.0 Å². The van der Waals surface area contributed by atoms with E-state index in [0.717, 1.165) is 24.2 Å². The predicted molar refractivity (Wildman–Crippen MR) is 90.8 cm³/mol. The Morgan fingerprint density at radius 2 is 1.57 bits per heavy atom. The number of halogens is 1. The van der Waals surface area contributed by atoms with Crippen molar-refractivity contribution in [3.05, 3.63) is 65.5 Å². The average molecular weight is 313 g/mol. The molecule has 0 spiro atoms. The second-order valence-electron chi connectivity index (χ2n) is 6.47. The molecule has 1 aliphatic carbocycles. The first-order valence-electron chi connectivity index (χ1n) is 8.42. The molecule has 2 aromatic rings. The molecule has 0 saturated heterocycles. The number of ether oxygens (including phenoxy) is 1. The molecule has 0 aliphatic heterocycles. The van der Waals surface area contributed by atoms with Crippen LogP contribution in [0.1, 0.15) is 36.8 Å². The highest BCUT2D eigenvalue weighted by molar-refractivity contribution is 5.28. The molecule has 0 amide bonds. The largest absolute Gasteiger partial charge is 0.489 e. The fraction of sp³-hybridized carbons (Fsp3) is 0.400. The van der Waals surface area contributed by atoms with Gasteiger partial charge in [0, 0.05) is 6.04 Å². The predicted octanol–water partition coefficient (Wildman–Crippen LogP) is 4.46. The first kappa shape index (κ1) is 16.0. The third-order valence-corrected chi connectivity index (χ3v) is 4.71. The molecular weight excluding hydrogens is 289 g/mol. The van der Waals surface area contributed by atoms with Crippen LogP contribution in [0.25, 0.3) is 0 Å². The van der Waals surface area contributed by atoms with E-state index in [-0.39, 0.29) is 5.82 Å². The third-order valence-electron chi connectivity index (χ3n) is 4.71. The Bertz CT molecular complexity index is 609. The van der Waals surface area contributed by atoms with Gasteiger partial charge >= 0.3 is 0 Å². The van der Waals surface area contributed by atoms with Gasteiger partial charge in [0.2, 0.25) is 0 Å². The van der Waals surface area contributed by atoms with Gasteiger partial charge in [-0.1, -0.05) is 37.1 Å². The standard InChI is InChI=1S/C20H24FNO/c21-18-9-5-16(6-10-18)14-23-19-11-7-15(8-12-19)13-17-3-1-2-4-20(17)22/h5-12,17,20H,1-4,13-14,22H2. The Morgan fingerprint density at radius 1 is 0.913 bits per heavy atom. The summed E-state index contributed by atoms with van der Waals surface area (Å²) in [7, 11) is 0. The van der Waals surface area contributed by atoms with Crippen molar-refractivity contribution in [2.75, 3.05) is 0 Å². The average Bonchev–Trinajstić information content (AvgIpc) is 2.58. The lowest BCUT2D eigenvalue weighted by Gasteiger charge is -2.28. The summed E-state index contributed by atoms with van der Waals surface area (Å²) in [5.74, 6) is 1.22. The van der Waals surface area contributed by atoms with Crippen molar-refractivity contribution < 1.29 is 9.13 Å². The van der Waals surface area contributed by atoms with Gasteiger partial charge in [0.05, 0.1) is 0 Å². The van der Waals surface area contributed by atoms with Gasteiger partial charge in [0.15, 0.2) is 0 Å². The number of hydrogen-bond acceptors (Lipinski definition) is 2. The van der Waals surface area contributed by atoms with Gasteiger partial charge in [-0.15, -0.1) is 0 Å². The summed E-state index contributed by atoms with van der Waals surface area (Å²) in [5, 5.41) is 0. The fourth-order valence-corrected chi connectivity index (χ4v) is 3.26. The summed E-state index contributed by atoms with van der Waals surface area (Å²) in [5.41, 5.74) is 8.51. The molecule has 3 heteroatoms. The highest BCUT2D eigenvalue weighted by atomic mass is 19.1. The molecule has 2 unspecified atom stereocenters. The van der Waals surface area contributed by atoms with Crippen LogP contribution in [0.2, 0.25) is 0 Å². The van der Waals surface area contributed by atoms with E-state index in [2.05, 4.69) is 12.1 Å². The fourth-order valence-electron chi connectivity index (χ4n) is 3.26. The zero-order valence-corrected chi connectivity index (χ0v) is 13.4. The zero-order valence-electron chi connectivity index (χ0n) is 13.4. The number of benzene rings is 2. The van der Waals surface area contributed by atoms with E-state index in [4.69, 9.17) is 10.5 Å². The van der Waals surface area contributed by atoms with Gasteiger partial charge in [-0.3, -0.25) is 0 Å². The van der Waals surface area contributed by atoms with Crippen LogP contribution < -0.4 is 10.5 Å². The van der Waals surface area contributed by atoms with Crippen molar-refractivity contribution in [3.8, 4) is 5.75 Å². The first-order chi connectivity index (χ1) is 11.2. The van der Waals surface area contributed by atoms with Crippen molar-refractivity contribution >= 4 is 0 Å². The lowest BCUT2D eigenvalue weighted by molar-refractivity contribution is 0.303. The van der Waals surface area contributed by atoms with E-state index in [1.807, 2.05) is 12.1 Å². The van der Waals surface area contributed by atoms with Crippen LogP contribution in [0.15, 0.2) is 48.5 Å². The van der Waals surface area contributed by atoms with Gasteiger partial charge in [-0.05, 0) is 60.6 Å². The van der Waals surface area contributed by atoms with E-state index in [0.29, 0.717) is 18.6 Å². The summed E-state index contributed by atoms with van der Waals surface area (Å²) >= 11 is 0. The highest BCUT2D eigenvalue weighted by Gasteiger charge is 2.21. The molecule has 1 fully saturated rings. The molecule has 1 saturated carbocycles. The second kappa shape index (κ2) is 7.60. The van der Waals surface area contributed by atoms with Crippen molar-refractivity contribution in [2.45, 2.75) is 44.8 Å². The summed E-state index contributed by atoms with van der Waals surface area (Å²) in [6, 6.07) is 15.0. The molecule has 0 heterocycles. The van der Waals surface area contributed by atoms with Crippen LogP contribution in [0.4, 0.5) is 4.39 Å². The number of nitrogens with two attached hydrogens (primary N) is 1. The lowest BCUT2D eigenvalue weighted by atomic mass is 9.81. The van der Waals surface area contributed by atoms with Gasteiger partial charge in [0.1, 0.15) is 18.2 Å². The Hall–Kier alpha value is -1.87. The SMILES string of the molecule is NC1CCCCC1Cc1ccc(OCc2ccc(F)cc2)cc1. The Morgan fingerprint density at radius 3 is 2.26 bits per heavy atom. The van der Waals surface area contributed by atoms with Crippen LogP contribution in [0.5, 0.6) is 5.75 Å². The van der Waals surface area contributed by atoms with Gasteiger partial charge < -0.3 is 10.5 Å². The normalized spacial score (nSPS) is 21.1. The highest BCUT2D eigenvalue weighted by Crippen LogP contribution is 2.27. The van der Waals surface area contributed by atoms with E-state index in [9.17, 15) is 4.39 Å². The lowest BCUT2D eigenvalue weighted by Crippen LogP contribution is -2.34. The van der Waals surface area contributed by atoms with Crippen molar-refractivity contribution in [1.29, 1.82) is 0 Å². The van der Waals surface area contributed by atoms with Gasteiger partial charge in [0.25, 0.3) is 0 Å². The summed E-state index contributed by atoms with van der Waals surface area (Å²) in [6.07, 6.45) is 6.03. The molecular formula is C20H24FNO. The molecule has 2 aromatic carbocycles. The molecule has 23 heavy (non-hydrogen) atoms. The molecule has 1 aliphatic rings. The van der Waals surface area contributed by atoms with E-state index < -0.39 is 0 Å². The minimum absolute atomic E-state index is 0.223. The third kappa shape index (κ3) is 4.55. The number of hydrogen-bond donors (Lipinski definition) is 1. The first-order valence-corrected chi connectivity index (χ1v) is 8.42.